The lowest BCUT2D eigenvalue weighted by molar-refractivity contribution is -0.116. The monoisotopic (exact) mass is 365 g/mol. The molecule has 6 nitrogen and oxygen atoms in total. The lowest BCUT2D eigenvalue weighted by atomic mass is 10.1. The van der Waals surface area contributed by atoms with E-state index in [0.717, 1.165) is 11.1 Å². The van der Waals surface area contributed by atoms with Crippen LogP contribution in [0.3, 0.4) is 0 Å². The third kappa shape index (κ3) is 6.43. The number of anilines is 1. The van der Waals surface area contributed by atoms with Crippen molar-refractivity contribution in [1.29, 1.82) is 0 Å². The molecule has 2 N–H and O–H groups in total. The van der Waals surface area contributed by atoms with Gasteiger partial charge in [0.2, 0.25) is 11.8 Å². The van der Waals surface area contributed by atoms with Gasteiger partial charge in [0, 0.05) is 44.9 Å². The number of benzene rings is 2. The molecule has 0 spiro atoms. The third-order valence-corrected chi connectivity index (χ3v) is 3.73. The second kappa shape index (κ2) is 9.33. The number of carbonyl (C=O) groups is 3. The summed E-state index contributed by atoms with van der Waals surface area (Å²) in [7, 11) is 3.41. The van der Waals surface area contributed by atoms with Gasteiger partial charge in [-0.05, 0) is 41.5 Å². The Labute approximate surface area is 158 Å². The Morgan fingerprint density at radius 1 is 0.963 bits per heavy atom. The summed E-state index contributed by atoms with van der Waals surface area (Å²) in [6.45, 7) is 1.83. The van der Waals surface area contributed by atoms with Crippen molar-refractivity contribution in [3.05, 3.63) is 71.3 Å². The Hall–Kier alpha value is -3.41. The maximum atomic E-state index is 12.0. The van der Waals surface area contributed by atoms with Crippen molar-refractivity contribution in [2.75, 3.05) is 19.4 Å². The van der Waals surface area contributed by atoms with E-state index >= 15 is 0 Å². The number of hydrogen-bond donors (Lipinski definition) is 2. The van der Waals surface area contributed by atoms with Crippen LogP contribution >= 0.6 is 0 Å². The van der Waals surface area contributed by atoms with Gasteiger partial charge in [0.1, 0.15) is 0 Å². The Kier molecular flexibility index (Phi) is 6.88. The summed E-state index contributed by atoms with van der Waals surface area (Å²) in [4.78, 5) is 36.3. The molecular weight excluding hydrogens is 342 g/mol. The highest BCUT2D eigenvalue weighted by atomic mass is 16.2. The van der Waals surface area contributed by atoms with Crippen LogP contribution in [-0.4, -0.2) is 36.7 Å². The summed E-state index contributed by atoms with van der Waals surface area (Å²) in [5.74, 6) is -0.399. The lowest BCUT2D eigenvalue weighted by Gasteiger charge is -2.10. The van der Waals surface area contributed by atoms with Crippen LogP contribution in [0.15, 0.2) is 54.6 Å². The predicted octanol–water partition coefficient (Wildman–Crippen LogP) is 2.68. The van der Waals surface area contributed by atoms with Crippen molar-refractivity contribution in [2.45, 2.75) is 13.5 Å². The van der Waals surface area contributed by atoms with E-state index in [2.05, 4.69) is 10.6 Å². The third-order valence-electron chi connectivity index (χ3n) is 3.73. The first-order valence-electron chi connectivity index (χ1n) is 8.49. The second-order valence-electron chi connectivity index (χ2n) is 6.25. The van der Waals surface area contributed by atoms with Crippen LogP contribution in [0.5, 0.6) is 0 Å². The summed E-state index contributed by atoms with van der Waals surface area (Å²) in [5, 5.41) is 5.49. The van der Waals surface area contributed by atoms with E-state index in [1.165, 1.54) is 17.9 Å². The van der Waals surface area contributed by atoms with Crippen LogP contribution in [0.25, 0.3) is 6.08 Å². The first-order chi connectivity index (χ1) is 12.8. The molecule has 2 aromatic carbocycles. The van der Waals surface area contributed by atoms with E-state index in [9.17, 15) is 14.4 Å². The van der Waals surface area contributed by atoms with Crippen molar-refractivity contribution in [3.8, 4) is 0 Å². The highest BCUT2D eigenvalue weighted by Gasteiger charge is 2.07. The van der Waals surface area contributed by atoms with Crippen LogP contribution < -0.4 is 10.6 Å². The van der Waals surface area contributed by atoms with Crippen LogP contribution in [0.2, 0.25) is 0 Å². The zero-order chi connectivity index (χ0) is 19.8. The van der Waals surface area contributed by atoms with E-state index in [1.807, 2.05) is 24.3 Å². The molecule has 0 saturated heterocycles. The smallest absolute Gasteiger partial charge is 0.253 e. The van der Waals surface area contributed by atoms with Crippen molar-refractivity contribution in [2.24, 2.45) is 0 Å². The number of nitrogens with zero attached hydrogens (tertiary/aromatic N) is 1. The summed E-state index contributed by atoms with van der Waals surface area (Å²) >= 11 is 0. The van der Waals surface area contributed by atoms with Crippen molar-refractivity contribution in [3.63, 3.8) is 0 Å². The maximum absolute atomic E-state index is 12.0. The normalized spacial score (nSPS) is 10.5. The quantitative estimate of drug-likeness (QED) is 0.773. The average Bonchev–Trinajstić information content (AvgIpc) is 2.65. The Bertz CT molecular complexity index is 838. The SMILES string of the molecule is CC(=O)Nc1ccc(/C=C/C(=O)NCc2ccc(C(=O)N(C)C)cc2)cc1. The minimum absolute atomic E-state index is 0.0574. The average molecular weight is 365 g/mol. The predicted molar refractivity (Wildman–Crippen MR) is 106 cm³/mol. The zero-order valence-corrected chi connectivity index (χ0v) is 15.7. The molecule has 0 aliphatic heterocycles. The minimum atomic E-state index is -0.214. The Morgan fingerprint density at radius 2 is 1.59 bits per heavy atom. The van der Waals surface area contributed by atoms with Crippen molar-refractivity contribution < 1.29 is 14.4 Å². The van der Waals surface area contributed by atoms with E-state index in [0.29, 0.717) is 17.8 Å². The van der Waals surface area contributed by atoms with Gasteiger partial charge in [-0.15, -0.1) is 0 Å². The first-order valence-corrected chi connectivity index (χ1v) is 8.49. The number of carbonyl (C=O) groups excluding carboxylic acids is 3. The van der Waals surface area contributed by atoms with Gasteiger partial charge in [-0.1, -0.05) is 24.3 Å². The van der Waals surface area contributed by atoms with Gasteiger partial charge >= 0.3 is 0 Å². The zero-order valence-electron chi connectivity index (χ0n) is 15.7. The molecule has 0 aliphatic carbocycles. The summed E-state index contributed by atoms with van der Waals surface area (Å²) in [6.07, 6.45) is 3.16. The molecule has 2 aromatic rings. The Morgan fingerprint density at radius 3 is 2.15 bits per heavy atom. The molecule has 3 amide bonds. The van der Waals surface area contributed by atoms with Gasteiger partial charge in [0.15, 0.2) is 0 Å². The van der Waals surface area contributed by atoms with Gasteiger partial charge < -0.3 is 15.5 Å². The van der Waals surface area contributed by atoms with Gasteiger partial charge in [-0.3, -0.25) is 14.4 Å². The molecule has 2 rings (SSSR count). The number of hydrogen-bond acceptors (Lipinski definition) is 3. The van der Waals surface area contributed by atoms with Gasteiger partial charge in [0.25, 0.3) is 5.91 Å². The fraction of sp³-hybridized carbons (Fsp3) is 0.190. The molecule has 6 heteroatoms. The summed E-state index contributed by atoms with van der Waals surface area (Å²) < 4.78 is 0. The maximum Gasteiger partial charge on any atom is 0.253 e. The molecule has 140 valence electrons. The minimum Gasteiger partial charge on any atom is -0.348 e. The molecule has 0 aliphatic rings. The molecule has 0 radical (unpaired) electrons. The van der Waals surface area contributed by atoms with E-state index in [4.69, 9.17) is 0 Å². The topological polar surface area (TPSA) is 78.5 Å². The van der Waals surface area contributed by atoms with E-state index in [-0.39, 0.29) is 17.7 Å². The van der Waals surface area contributed by atoms with Crippen LogP contribution in [-0.2, 0) is 16.1 Å². The molecular formula is C21H23N3O3. The molecule has 0 aromatic heterocycles. The standard InChI is InChI=1S/C21H23N3O3/c1-15(25)23-19-11-6-16(7-12-19)8-13-20(26)22-14-17-4-9-18(10-5-17)21(27)24(2)3/h4-13H,14H2,1-3H3,(H,22,26)(H,23,25)/b13-8+. The second-order valence-corrected chi connectivity index (χ2v) is 6.25. The first kappa shape index (κ1) is 19.9. The molecule has 27 heavy (non-hydrogen) atoms. The van der Waals surface area contributed by atoms with Crippen LogP contribution in [0.4, 0.5) is 5.69 Å². The molecule has 0 bridgehead atoms. The van der Waals surface area contributed by atoms with E-state index < -0.39 is 0 Å². The summed E-state index contributed by atoms with van der Waals surface area (Å²) in [6, 6.07) is 14.3. The largest absolute Gasteiger partial charge is 0.348 e. The fourth-order valence-corrected chi connectivity index (χ4v) is 2.32. The Balaban J connectivity index is 1.86. The van der Waals surface area contributed by atoms with Crippen LogP contribution in [0.1, 0.15) is 28.4 Å². The molecule has 0 unspecified atom stereocenters. The molecule has 0 atom stereocenters. The van der Waals surface area contributed by atoms with Gasteiger partial charge in [0.05, 0.1) is 0 Å². The summed E-state index contributed by atoms with van der Waals surface area (Å²) in [5.41, 5.74) is 3.08. The fourth-order valence-electron chi connectivity index (χ4n) is 2.32. The van der Waals surface area contributed by atoms with E-state index in [1.54, 1.807) is 44.4 Å². The van der Waals surface area contributed by atoms with Crippen molar-refractivity contribution in [1.82, 2.24) is 10.2 Å². The highest BCUT2D eigenvalue weighted by molar-refractivity contribution is 5.94. The molecule has 0 saturated carbocycles. The number of amides is 3. The van der Waals surface area contributed by atoms with Crippen molar-refractivity contribution >= 4 is 29.5 Å². The lowest BCUT2D eigenvalue weighted by Crippen LogP contribution is -2.22. The number of rotatable bonds is 6. The van der Waals surface area contributed by atoms with Gasteiger partial charge in [-0.2, -0.15) is 0 Å². The van der Waals surface area contributed by atoms with Gasteiger partial charge in [-0.25, -0.2) is 0 Å². The number of nitrogens with one attached hydrogen (secondary N) is 2. The van der Waals surface area contributed by atoms with Crippen LogP contribution in [0, 0.1) is 0 Å². The molecule has 0 fully saturated rings. The highest BCUT2D eigenvalue weighted by Crippen LogP contribution is 2.11. The molecule has 0 heterocycles.